The minimum absolute atomic E-state index is 0.0185. The molecule has 34 valence electrons. The molecule has 2 nitrogen and oxygen atoms in total. The first-order valence-electron chi connectivity index (χ1n) is 1.43. The number of aliphatic hydroxyl groups is 1. The largest absolute Gasteiger partial charge is 0.502 e. The Bertz CT molecular complexity index is 69.2. The molecule has 0 fully saturated rings. The molecule has 3 heteroatoms. The van der Waals surface area contributed by atoms with Crippen LogP contribution in [0.2, 0.25) is 0 Å². The molecule has 6 heavy (non-hydrogen) atoms. The van der Waals surface area contributed by atoms with Crippen LogP contribution in [0.5, 0.6) is 0 Å². The normalized spacial score (nSPS) is 7.33. The van der Waals surface area contributed by atoms with Crippen molar-refractivity contribution < 1.29 is 9.90 Å². The van der Waals surface area contributed by atoms with Crippen molar-refractivity contribution in [2.75, 3.05) is 0 Å². The van der Waals surface area contributed by atoms with Crippen molar-refractivity contribution in [3.8, 4) is 0 Å². The van der Waals surface area contributed by atoms with Crippen molar-refractivity contribution in [1.29, 1.82) is 0 Å². The van der Waals surface area contributed by atoms with E-state index in [4.69, 9.17) is 5.11 Å². The molecule has 0 saturated carbocycles. The van der Waals surface area contributed by atoms with Gasteiger partial charge in [0, 0.05) is 0 Å². The van der Waals surface area contributed by atoms with Crippen molar-refractivity contribution in [1.82, 2.24) is 0 Å². The molecule has 1 N–H and O–H groups in total. The average molecular weight is 104 g/mol. The lowest BCUT2D eigenvalue weighted by molar-refractivity contribution is -0.106. The number of carbonyl (C=O) groups is 1. The van der Waals surface area contributed by atoms with Crippen molar-refractivity contribution in [3.63, 3.8) is 0 Å². The molecule has 0 heterocycles. The fraction of sp³-hybridized carbons (Fsp3) is 0.333. The van der Waals surface area contributed by atoms with E-state index in [0.717, 1.165) is 0 Å². The molecular formula is C3H4O2S. The maximum absolute atomic E-state index is 9.37. The summed E-state index contributed by atoms with van der Waals surface area (Å²) in [6.07, 6.45) is 0.539. The van der Waals surface area contributed by atoms with Gasteiger partial charge in [0.05, 0.1) is 6.42 Å². The predicted octanol–water partition coefficient (Wildman–Crippen LogP) is 0.461. The number of carbonyl (C=O) groups excluding carboxylic acids is 1. The average Bonchev–Trinajstić information content (AvgIpc) is 1.35. The molecule has 0 aromatic carbocycles. The van der Waals surface area contributed by atoms with Gasteiger partial charge in [0.2, 0.25) is 0 Å². The van der Waals surface area contributed by atoms with E-state index < -0.39 is 0 Å². The van der Waals surface area contributed by atoms with E-state index >= 15 is 0 Å². The first-order valence-corrected chi connectivity index (χ1v) is 1.83. The standard InChI is InChI=1S/C3H4O2S/c4-2-1-3(5)6/h2H,1H2,(H,5,6). The van der Waals surface area contributed by atoms with Gasteiger partial charge in [-0.15, -0.1) is 0 Å². The molecule has 0 rings (SSSR count). The van der Waals surface area contributed by atoms with Crippen molar-refractivity contribution >= 4 is 23.6 Å². The van der Waals surface area contributed by atoms with E-state index in [-0.39, 0.29) is 11.5 Å². The van der Waals surface area contributed by atoms with Crippen LogP contribution in [0, 0.1) is 0 Å². The van der Waals surface area contributed by atoms with Gasteiger partial charge < -0.3 is 9.90 Å². The molecule has 0 radical (unpaired) electrons. The summed E-state index contributed by atoms with van der Waals surface area (Å²) in [6.45, 7) is 0. The van der Waals surface area contributed by atoms with Gasteiger partial charge >= 0.3 is 0 Å². The maximum atomic E-state index is 9.37. The summed E-state index contributed by atoms with van der Waals surface area (Å²) >= 11 is 4.12. The third-order valence-corrected chi connectivity index (χ3v) is 0.425. The summed E-state index contributed by atoms with van der Waals surface area (Å²) in [5.74, 6) is 0. The predicted molar refractivity (Wildman–Crippen MR) is 25.9 cm³/mol. The molecule has 0 aliphatic carbocycles. The summed E-state index contributed by atoms with van der Waals surface area (Å²) in [5.41, 5.74) is 0. The second kappa shape index (κ2) is 2.78. The van der Waals surface area contributed by atoms with Crippen LogP contribution in [0.3, 0.4) is 0 Å². The molecule has 0 saturated heterocycles. The number of hydrogen-bond donors (Lipinski definition) is 1. The maximum Gasteiger partial charge on any atom is 0.163 e. The SMILES string of the molecule is O=CCC(O)=S. The van der Waals surface area contributed by atoms with Crippen molar-refractivity contribution in [2.45, 2.75) is 6.42 Å². The van der Waals surface area contributed by atoms with Crippen LogP contribution in [-0.2, 0) is 4.79 Å². The topological polar surface area (TPSA) is 37.3 Å². The minimum Gasteiger partial charge on any atom is -0.502 e. The Hall–Kier alpha value is -0.440. The number of aldehydes is 1. The molecule has 0 aromatic rings. The van der Waals surface area contributed by atoms with E-state index in [2.05, 4.69) is 12.2 Å². The molecule has 0 atom stereocenters. The minimum atomic E-state index is -0.245. The van der Waals surface area contributed by atoms with Gasteiger partial charge in [0.1, 0.15) is 6.29 Å². The van der Waals surface area contributed by atoms with E-state index in [9.17, 15) is 4.79 Å². The number of hydrogen-bond acceptors (Lipinski definition) is 2. The Morgan fingerprint density at radius 2 is 2.50 bits per heavy atom. The summed E-state index contributed by atoms with van der Waals surface area (Å²) in [7, 11) is 0. The highest BCUT2D eigenvalue weighted by Crippen LogP contribution is 1.71. The smallest absolute Gasteiger partial charge is 0.163 e. The molecule has 0 aliphatic rings. The molecule has 0 bridgehead atoms. The van der Waals surface area contributed by atoms with Gasteiger partial charge in [0.25, 0.3) is 0 Å². The van der Waals surface area contributed by atoms with Gasteiger partial charge in [-0.3, -0.25) is 0 Å². The highest BCUT2D eigenvalue weighted by atomic mass is 32.1. The Morgan fingerprint density at radius 3 is 2.50 bits per heavy atom. The first kappa shape index (κ1) is 5.56. The number of aliphatic hydroxyl groups excluding tert-OH is 1. The van der Waals surface area contributed by atoms with Crippen LogP contribution >= 0.6 is 12.2 Å². The van der Waals surface area contributed by atoms with E-state index in [0.29, 0.717) is 6.29 Å². The second-order valence-corrected chi connectivity index (χ2v) is 1.24. The van der Waals surface area contributed by atoms with Crippen LogP contribution in [-0.4, -0.2) is 16.4 Å². The fourth-order valence-electron chi connectivity index (χ4n) is 0.0713. The lowest BCUT2D eigenvalue weighted by Crippen LogP contribution is -1.89. The van der Waals surface area contributed by atoms with Gasteiger partial charge in [-0.05, 0) is 12.2 Å². The van der Waals surface area contributed by atoms with E-state index in [1.54, 1.807) is 0 Å². The zero-order chi connectivity index (χ0) is 4.99. The summed E-state index contributed by atoms with van der Waals surface area (Å²) in [6, 6.07) is 0. The Morgan fingerprint density at radius 1 is 2.00 bits per heavy atom. The Kier molecular flexibility index (Phi) is 2.58. The molecule has 0 aliphatic heterocycles. The zero-order valence-corrected chi connectivity index (χ0v) is 3.86. The van der Waals surface area contributed by atoms with Crippen LogP contribution in [0.15, 0.2) is 0 Å². The molecule has 0 unspecified atom stereocenters. The Balaban J connectivity index is 3.05. The van der Waals surface area contributed by atoms with E-state index in [1.165, 1.54) is 0 Å². The van der Waals surface area contributed by atoms with Crippen LogP contribution in [0.4, 0.5) is 0 Å². The molecule has 0 spiro atoms. The van der Waals surface area contributed by atoms with Crippen LogP contribution in [0.1, 0.15) is 6.42 Å². The number of rotatable bonds is 2. The van der Waals surface area contributed by atoms with Gasteiger partial charge in [-0.2, -0.15) is 0 Å². The van der Waals surface area contributed by atoms with Crippen LogP contribution in [0.25, 0.3) is 0 Å². The molecule has 0 amide bonds. The zero-order valence-electron chi connectivity index (χ0n) is 3.05. The van der Waals surface area contributed by atoms with Gasteiger partial charge in [0.15, 0.2) is 5.05 Å². The molecule has 0 aromatic heterocycles. The molecular weight excluding hydrogens is 100 g/mol. The second-order valence-electron chi connectivity index (χ2n) is 0.765. The highest BCUT2D eigenvalue weighted by Gasteiger charge is 1.82. The van der Waals surface area contributed by atoms with Gasteiger partial charge in [-0.1, -0.05) is 0 Å². The number of thiocarbonyl (C=S) groups is 1. The lowest BCUT2D eigenvalue weighted by atomic mass is 10.5. The third kappa shape index (κ3) is 3.56. The van der Waals surface area contributed by atoms with Crippen molar-refractivity contribution in [2.24, 2.45) is 0 Å². The van der Waals surface area contributed by atoms with Crippen molar-refractivity contribution in [3.05, 3.63) is 0 Å². The first-order chi connectivity index (χ1) is 2.77. The lowest BCUT2D eigenvalue weighted by Gasteiger charge is -1.76. The van der Waals surface area contributed by atoms with Crippen LogP contribution < -0.4 is 0 Å². The third-order valence-electron chi connectivity index (χ3n) is 0.258. The van der Waals surface area contributed by atoms with E-state index in [1.807, 2.05) is 0 Å². The van der Waals surface area contributed by atoms with Gasteiger partial charge in [-0.25, -0.2) is 0 Å². The summed E-state index contributed by atoms with van der Waals surface area (Å²) in [4.78, 5) is 9.37. The Labute approximate surface area is 40.8 Å². The quantitative estimate of drug-likeness (QED) is 0.408. The summed E-state index contributed by atoms with van der Waals surface area (Å²) in [5, 5.41) is 7.81. The summed E-state index contributed by atoms with van der Waals surface area (Å²) < 4.78 is 0. The monoisotopic (exact) mass is 104 g/mol. The fourth-order valence-corrected chi connectivity index (χ4v) is 0.139. The highest BCUT2D eigenvalue weighted by molar-refractivity contribution is 7.80.